The molecule has 1 saturated carbocycles. The van der Waals surface area contributed by atoms with Crippen molar-refractivity contribution in [2.45, 2.75) is 57.8 Å². The molecule has 2 atom stereocenters. The van der Waals surface area contributed by atoms with Crippen LogP contribution in [0.4, 0.5) is 0 Å². The van der Waals surface area contributed by atoms with E-state index in [1.54, 1.807) is 0 Å². The van der Waals surface area contributed by atoms with Crippen molar-refractivity contribution in [2.75, 3.05) is 6.61 Å². The summed E-state index contributed by atoms with van der Waals surface area (Å²) < 4.78 is 6.22. The Hall–Kier alpha value is 0.137. The molecule has 1 rings (SSSR count). The Morgan fingerprint density at radius 1 is 1.29 bits per heavy atom. The average molecular weight is 216 g/mol. The third-order valence-electron chi connectivity index (χ3n) is 3.83. The number of rotatable bonds is 3. The average Bonchev–Trinajstić information content (AvgIpc) is 1.97. The summed E-state index contributed by atoms with van der Waals surface area (Å²) in [7, 11) is -1.61. The van der Waals surface area contributed by atoms with E-state index in [9.17, 15) is 0 Å². The van der Waals surface area contributed by atoms with Crippen molar-refractivity contribution in [3.63, 3.8) is 0 Å². The van der Waals surface area contributed by atoms with Gasteiger partial charge in [0.2, 0.25) is 0 Å². The standard InChI is InChI=1S/C11H24O2Si/c1-11(2,3)14(4,5)13-10-7-6-9(10)8-12/h9-10,12H,6-8H2,1-5H3. The fraction of sp³-hybridized carbons (Fsp3) is 1.00. The van der Waals surface area contributed by atoms with Crippen molar-refractivity contribution in [1.29, 1.82) is 0 Å². The smallest absolute Gasteiger partial charge is 0.192 e. The van der Waals surface area contributed by atoms with E-state index in [1.165, 1.54) is 0 Å². The Morgan fingerprint density at radius 2 is 1.86 bits per heavy atom. The number of aliphatic hydroxyl groups excluding tert-OH is 1. The van der Waals surface area contributed by atoms with E-state index < -0.39 is 8.32 Å². The van der Waals surface area contributed by atoms with E-state index in [1.807, 2.05) is 0 Å². The first kappa shape index (κ1) is 12.2. The lowest BCUT2D eigenvalue weighted by Crippen LogP contribution is -2.49. The predicted octanol–water partition coefficient (Wildman–Crippen LogP) is 2.78. The highest BCUT2D eigenvalue weighted by Gasteiger charge is 2.42. The minimum atomic E-state index is -1.61. The molecule has 1 fully saturated rings. The van der Waals surface area contributed by atoms with Crippen molar-refractivity contribution in [2.24, 2.45) is 5.92 Å². The largest absolute Gasteiger partial charge is 0.414 e. The molecule has 0 aromatic rings. The van der Waals surface area contributed by atoms with Crippen LogP contribution in [0.2, 0.25) is 18.1 Å². The maximum absolute atomic E-state index is 9.09. The molecule has 1 aliphatic carbocycles. The molecule has 3 heteroatoms. The van der Waals surface area contributed by atoms with Gasteiger partial charge in [-0.2, -0.15) is 0 Å². The zero-order valence-corrected chi connectivity index (χ0v) is 11.1. The Labute approximate surface area is 88.8 Å². The van der Waals surface area contributed by atoms with Crippen LogP contribution in [0.5, 0.6) is 0 Å². The highest BCUT2D eigenvalue weighted by atomic mass is 28.4. The van der Waals surface area contributed by atoms with Crippen molar-refractivity contribution in [1.82, 2.24) is 0 Å². The summed E-state index contributed by atoms with van der Waals surface area (Å²) in [6, 6.07) is 0. The lowest BCUT2D eigenvalue weighted by Gasteiger charge is -2.45. The quantitative estimate of drug-likeness (QED) is 0.735. The van der Waals surface area contributed by atoms with Crippen molar-refractivity contribution < 1.29 is 9.53 Å². The molecule has 0 aromatic carbocycles. The van der Waals surface area contributed by atoms with Gasteiger partial charge in [0.15, 0.2) is 8.32 Å². The fourth-order valence-electron chi connectivity index (χ4n) is 1.46. The van der Waals surface area contributed by atoms with Crippen LogP contribution in [0.3, 0.4) is 0 Å². The second kappa shape index (κ2) is 3.95. The molecular formula is C11H24O2Si. The molecule has 2 unspecified atom stereocenters. The van der Waals surface area contributed by atoms with E-state index in [-0.39, 0.29) is 5.04 Å². The molecule has 0 spiro atoms. The van der Waals surface area contributed by atoms with Crippen LogP contribution in [0.15, 0.2) is 0 Å². The summed E-state index contributed by atoms with van der Waals surface area (Å²) in [5, 5.41) is 9.37. The predicted molar refractivity (Wildman–Crippen MR) is 61.9 cm³/mol. The highest BCUT2D eigenvalue weighted by Crippen LogP contribution is 2.41. The van der Waals surface area contributed by atoms with Gasteiger partial charge in [-0.05, 0) is 31.0 Å². The zero-order valence-electron chi connectivity index (χ0n) is 10.1. The summed E-state index contributed by atoms with van der Waals surface area (Å²) in [5.74, 6) is 0.407. The summed E-state index contributed by atoms with van der Waals surface area (Å²) in [4.78, 5) is 0. The molecule has 14 heavy (non-hydrogen) atoms. The van der Waals surface area contributed by atoms with Gasteiger partial charge in [-0.25, -0.2) is 0 Å². The van der Waals surface area contributed by atoms with Gasteiger partial charge in [-0.1, -0.05) is 20.8 Å². The number of aliphatic hydroxyl groups is 1. The second-order valence-corrected chi connectivity index (χ2v) is 10.7. The molecule has 0 radical (unpaired) electrons. The minimum absolute atomic E-state index is 0.280. The first-order valence-corrected chi connectivity index (χ1v) is 8.47. The van der Waals surface area contributed by atoms with Crippen LogP contribution >= 0.6 is 0 Å². The second-order valence-electron chi connectivity index (χ2n) is 5.94. The summed E-state index contributed by atoms with van der Waals surface area (Å²) in [6.07, 6.45) is 2.61. The van der Waals surface area contributed by atoms with Gasteiger partial charge in [0, 0.05) is 12.5 Å². The first-order valence-electron chi connectivity index (χ1n) is 5.56. The van der Waals surface area contributed by atoms with Gasteiger partial charge in [-0.3, -0.25) is 0 Å². The van der Waals surface area contributed by atoms with Crippen LogP contribution in [0, 0.1) is 5.92 Å². The maximum atomic E-state index is 9.09. The molecule has 0 amide bonds. The zero-order chi connectivity index (χ0) is 11.0. The molecule has 0 aromatic heterocycles. The van der Waals surface area contributed by atoms with E-state index in [4.69, 9.17) is 9.53 Å². The minimum Gasteiger partial charge on any atom is -0.414 e. The molecule has 1 aliphatic rings. The molecule has 0 bridgehead atoms. The maximum Gasteiger partial charge on any atom is 0.192 e. The lowest BCUT2D eigenvalue weighted by atomic mass is 9.83. The van der Waals surface area contributed by atoms with E-state index in [0.717, 1.165) is 12.8 Å². The summed E-state index contributed by atoms with van der Waals surface area (Å²) in [6.45, 7) is 11.6. The van der Waals surface area contributed by atoms with Gasteiger partial charge in [0.25, 0.3) is 0 Å². The normalized spacial score (nSPS) is 28.7. The Balaban J connectivity index is 2.51. The molecule has 0 saturated heterocycles. The molecule has 2 nitrogen and oxygen atoms in total. The van der Waals surface area contributed by atoms with Crippen LogP contribution in [0.25, 0.3) is 0 Å². The van der Waals surface area contributed by atoms with Crippen LogP contribution < -0.4 is 0 Å². The summed E-state index contributed by atoms with van der Waals surface area (Å²) in [5.41, 5.74) is 0. The summed E-state index contributed by atoms with van der Waals surface area (Å²) >= 11 is 0. The van der Waals surface area contributed by atoms with Gasteiger partial charge < -0.3 is 9.53 Å². The molecule has 0 aliphatic heterocycles. The molecule has 0 heterocycles. The molecule has 84 valence electrons. The van der Waals surface area contributed by atoms with Gasteiger partial charge in [0.05, 0.1) is 6.10 Å². The van der Waals surface area contributed by atoms with Gasteiger partial charge >= 0.3 is 0 Å². The van der Waals surface area contributed by atoms with Crippen molar-refractivity contribution in [3.8, 4) is 0 Å². The SMILES string of the molecule is CC(C)(C)[Si](C)(C)OC1CCC1CO. The van der Waals surface area contributed by atoms with Crippen LogP contribution in [0.1, 0.15) is 33.6 Å². The molecule has 1 N–H and O–H groups in total. The third kappa shape index (κ3) is 2.38. The van der Waals surface area contributed by atoms with Gasteiger partial charge in [0.1, 0.15) is 0 Å². The van der Waals surface area contributed by atoms with E-state index in [2.05, 4.69) is 33.9 Å². The van der Waals surface area contributed by atoms with Crippen molar-refractivity contribution in [3.05, 3.63) is 0 Å². The number of hydrogen-bond acceptors (Lipinski definition) is 2. The van der Waals surface area contributed by atoms with Crippen LogP contribution in [-0.4, -0.2) is 26.1 Å². The molecular weight excluding hydrogens is 192 g/mol. The van der Waals surface area contributed by atoms with Gasteiger partial charge in [-0.15, -0.1) is 0 Å². The van der Waals surface area contributed by atoms with Crippen LogP contribution in [-0.2, 0) is 4.43 Å². The topological polar surface area (TPSA) is 29.5 Å². The lowest BCUT2D eigenvalue weighted by molar-refractivity contribution is 0.00189. The first-order chi connectivity index (χ1) is 6.28. The Morgan fingerprint density at radius 3 is 2.14 bits per heavy atom. The highest BCUT2D eigenvalue weighted by molar-refractivity contribution is 6.74. The third-order valence-corrected chi connectivity index (χ3v) is 8.34. The van der Waals surface area contributed by atoms with E-state index in [0.29, 0.717) is 18.6 Å². The Kier molecular flexibility index (Phi) is 3.44. The fourth-order valence-corrected chi connectivity index (χ4v) is 2.88. The van der Waals surface area contributed by atoms with Crippen molar-refractivity contribution >= 4 is 8.32 Å². The number of hydrogen-bond donors (Lipinski definition) is 1. The monoisotopic (exact) mass is 216 g/mol. The van der Waals surface area contributed by atoms with E-state index >= 15 is 0 Å². The Bertz CT molecular complexity index is 194.